The number of nitrogens with one attached hydrogen (secondary N) is 2. The third-order valence-corrected chi connectivity index (χ3v) is 3.92. The van der Waals surface area contributed by atoms with Crippen LogP contribution in [0.4, 0.5) is 9.18 Å². The molecular formula is C17H26BrFN2O2. The molecule has 0 saturated carbocycles. The van der Waals surface area contributed by atoms with Gasteiger partial charge in [0.1, 0.15) is 11.4 Å². The fraction of sp³-hybridized carbons (Fsp3) is 0.588. The first-order valence-corrected chi connectivity index (χ1v) is 8.59. The number of alkyl carbamates (subject to hydrolysis) is 1. The largest absolute Gasteiger partial charge is 0.444 e. The summed E-state index contributed by atoms with van der Waals surface area (Å²) < 4.78 is 19.0. The summed E-state index contributed by atoms with van der Waals surface area (Å²) in [5.74, 6) is -0.278. The molecule has 1 rings (SSSR count). The van der Waals surface area contributed by atoms with E-state index in [1.54, 1.807) is 12.1 Å². The Balaban J connectivity index is 2.55. The minimum Gasteiger partial charge on any atom is -0.444 e. The Labute approximate surface area is 146 Å². The molecule has 23 heavy (non-hydrogen) atoms. The van der Waals surface area contributed by atoms with Crippen LogP contribution in [0.2, 0.25) is 0 Å². The summed E-state index contributed by atoms with van der Waals surface area (Å²) in [6.07, 6.45) is 0.428. The van der Waals surface area contributed by atoms with E-state index in [0.717, 1.165) is 12.0 Å². The van der Waals surface area contributed by atoms with Crippen LogP contribution in [0.15, 0.2) is 22.7 Å². The summed E-state index contributed by atoms with van der Waals surface area (Å²) in [6, 6.07) is 5.10. The summed E-state index contributed by atoms with van der Waals surface area (Å²) in [7, 11) is 0. The van der Waals surface area contributed by atoms with Gasteiger partial charge in [-0.25, -0.2) is 9.18 Å². The van der Waals surface area contributed by atoms with E-state index in [9.17, 15) is 9.18 Å². The van der Waals surface area contributed by atoms with Crippen molar-refractivity contribution in [1.82, 2.24) is 10.6 Å². The molecule has 130 valence electrons. The molecule has 0 bridgehead atoms. The Bertz CT molecular complexity index is 532. The van der Waals surface area contributed by atoms with Gasteiger partial charge in [0.2, 0.25) is 0 Å². The van der Waals surface area contributed by atoms with Gasteiger partial charge >= 0.3 is 6.09 Å². The van der Waals surface area contributed by atoms with Gasteiger partial charge in [0.25, 0.3) is 0 Å². The molecule has 0 aliphatic carbocycles. The first-order chi connectivity index (χ1) is 10.6. The van der Waals surface area contributed by atoms with E-state index in [1.165, 1.54) is 6.07 Å². The van der Waals surface area contributed by atoms with E-state index < -0.39 is 11.7 Å². The van der Waals surface area contributed by atoms with Gasteiger partial charge in [0.15, 0.2) is 0 Å². The highest BCUT2D eigenvalue weighted by molar-refractivity contribution is 9.10. The molecule has 0 spiro atoms. The molecule has 6 heteroatoms. The summed E-state index contributed by atoms with van der Waals surface area (Å²) in [4.78, 5) is 11.7. The lowest BCUT2D eigenvalue weighted by molar-refractivity contribution is 0.0521. The first-order valence-electron chi connectivity index (χ1n) is 7.80. The molecule has 2 atom stereocenters. The quantitative estimate of drug-likeness (QED) is 0.751. The van der Waals surface area contributed by atoms with E-state index in [-0.39, 0.29) is 17.9 Å². The van der Waals surface area contributed by atoms with Crippen LogP contribution in [-0.2, 0) is 4.74 Å². The summed E-state index contributed by atoms with van der Waals surface area (Å²) >= 11 is 3.20. The van der Waals surface area contributed by atoms with E-state index >= 15 is 0 Å². The van der Waals surface area contributed by atoms with E-state index in [1.807, 2.05) is 34.6 Å². The van der Waals surface area contributed by atoms with Crippen molar-refractivity contribution in [3.63, 3.8) is 0 Å². The van der Waals surface area contributed by atoms with Crippen LogP contribution < -0.4 is 10.6 Å². The van der Waals surface area contributed by atoms with Crippen molar-refractivity contribution in [1.29, 1.82) is 0 Å². The predicted octanol–water partition coefficient (Wildman–Crippen LogP) is 4.54. The second-order valence-electron chi connectivity index (χ2n) is 6.55. The number of ether oxygens (including phenoxy) is 1. The van der Waals surface area contributed by atoms with E-state index in [0.29, 0.717) is 11.0 Å². The van der Waals surface area contributed by atoms with Crippen LogP contribution in [-0.4, -0.2) is 24.3 Å². The Morgan fingerprint density at radius 3 is 2.57 bits per heavy atom. The van der Waals surface area contributed by atoms with Crippen LogP contribution in [0.3, 0.4) is 0 Å². The molecule has 0 aromatic heterocycles. The molecule has 2 unspecified atom stereocenters. The first kappa shape index (κ1) is 19.9. The van der Waals surface area contributed by atoms with Crippen molar-refractivity contribution < 1.29 is 13.9 Å². The minimum absolute atomic E-state index is 0.0392. The van der Waals surface area contributed by atoms with E-state index in [4.69, 9.17) is 4.74 Å². The molecule has 4 nitrogen and oxygen atoms in total. The van der Waals surface area contributed by atoms with Crippen molar-refractivity contribution >= 4 is 22.0 Å². The van der Waals surface area contributed by atoms with E-state index in [2.05, 4.69) is 26.6 Å². The Hall–Kier alpha value is -1.14. The number of hydrogen-bond donors (Lipinski definition) is 2. The second-order valence-corrected chi connectivity index (χ2v) is 7.40. The number of amides is 1. The topological polar surface area (TPSA) is 50.4 Å². The van der Waals surface area contributed by atoms with Crippen molar-refractivity contribution in [2.24, 2.45) is 0 Å². The highest BCUT2D eigenvalue weighted by atomic mass is 79.9. The van der Waals surface area contributed by atoms with Gasteiger partial charge in [-0.15, -0.1) is 0 Å². The van der Waals surface area contributed by atoms with Gasteiger partial charge in [-0.1, -0.05) is 13.0 Å². The number of rotatable bonds is 6. The average Bonchev–Trinajstić information content (AvgIpc) is 2.44. The molecule has 0 aliphatic heterocycles. The van der Waals surface area contributed by atoms with Gasteiger partial charge in [0, 0.05) is 18.6 Å². The lowest BCUT2D eigenvalue weighted by Crippen LogP contribution is -2.43. The second kappa shape index (κ2) is 8.64. The SMILES string of the molecule is CCC(CNC(=O)OC(C)(C)C)NC(C)c1ccc(F)c(Br)c1. The standard InChI is InChI=1S/C17H26BrFN2O2/c1-6-13(10-20-16(22)23-17(3,4)5)21-11(2)12-7-8-15(19)14(18)9-12/h7-9,11,13,21H,6,10H2,1-5H3,(H,20,22). The molecule has 1 aromatic rings. The van der Waals surface area contributed by atoms with Crippen molar-refractivity contribution in [2.75, 3.05) is 6.54 Å². The van der Waals surface area contributed by atoms with Crippen LogP contribution in [0.1, 0.15) is 52.6 Å². The molecule has 1 amide bonds. The smallest absolute Gasteiger partial charge is 0.407 e. The lowest BCUT2D eigenvalue weighted by Gasteiger charge is -2.24. The van der Waals surface area contributed by atoms with Crippen LogP contribution in [0, 0.1) is 5.82 Å². The van der Waals surface area contributed by atoms with Crippen molar-refractivity contribution in [3.8, 4) is 0 Å². The third-order valence-electron chi connectivity index (χ3n) is 3.31. The highest BCUT2D eigenvalue weighted by Gasteiger charge is 2.18. The Morgan fingerprint density at radius 2 is 2.04 bits per heavy atom. The molecule has 0 saturated heterocycles. The monoisotopic (exact) mass is 388 g/mol. The zero-order valence-electron chi connectivity index (χ0n) is 14.4. The van der Waals surface area contributed by atoms with Gasteiger partial charge in [-0.2, -0.15) is 0 Å². The number of carbonyl (C=O) groups excluding carboxylic acids is 1. The van der Waals surface area contributed by atoms with Crippen LogP contribution in [0.5, 0.6) is 0 Å². The molecule has 0 radical (unpaired) electrons. The zero-order chi connectivity index (χ0) is 17.6. The van der Waals surface area contributed by atoms with Crippen molar-refractivity contribution in [3.05, 3.63) is 34.1 Å². The minimum atomic E-state index is -0.507. The van der Waals surface area contributed by atoms with Gasteiger partial charge in [-0.05, 0) is 67.7 Å². The summed E-state index contributed by atoms with van der Waals surface area (Å²) in [6.45, 7) is 10.0. The van der Waals surface area contributed by atoms with Gasteiger partial charge in [-0.3, -0.25) is 0 Å². The molecule has 2 N–H and O–H groups in total. The zero-order valence-corrected chi connectivity index (χ0v) is 16.0. The Morgan fingerprint density at radius 1 is 1.39 bits per heavy atom. The fourth-order valence-corrected chi connectivity index (χ4v) is 2.47. The normalized spacial score (nSPS) is 14.2. The predicted molar refractivity (Wildman–Crippen MR) is 94.0 cm³/mol. The third kappa shape index (κ3) is 7.31. The summed E-state index contributed by atoms with van der Waals surface area (Å²) in [5.41, 5.74) is 0.474. The van der Waals surface area contributed by atoms with Gasteiger partial charge in [0.05, 0.1) is 4.47 Å². The molecular weight excluding hydrogens is 363 g/mol. The number of hydrogen-bond acceptors (Lipinski definition) is 3. The molecule has 1 aromatic carbocycles. The maximum Gasteiger partial charge on any atom is 0.407 e. The van der Waals surface area contributed by atoms with Crippen LogP contribution >= 0.6 is 15.9 Å². The number of halogens is 2. The van der Waals surface area contributed by atoms with Crippen molar-refractivity contribution in [2.45, 2.75) is 58.7 Å². The molecule has 0 fully saturated rings. The molecule has 0 heterocycles. The molecule has 0 aliphatic rings. The van der Waals surface area contributed by atoms with Gasteiger partial charge < -0.3 is 15.4 Å². The average molecular weight is 389 g/mol. The maximum atomic E-state index is 13.3. The summed E-state index contributed by atoms with van der Waals surface area (Å²) in [5, 5.41) is 6.21. The number of carbonyl (C=O) groups is 1. The highest BCUT2D eigenvalue weighted by Crippen LogP contribution is 2.21. The van der Waals surface area contributed by atoms with Crippen LogP contribution in [0.25, 0.3) is 0 Å². The fourth-order valence-electron chi connectivity index (χ4n) is 2.07. The number of benzene rings is 1. The lowest BCUT2D eigenvalue weighted by atomic mass is 10.1. The maximum absolute atomic E-state index is 13.3. The Kier molecular flexibility index (Phi) is 7.48.